The Labute approximate surface area is 128 Å². The molecule has 0 fully saturated rings. The zero-order valence-electron chi connectivity index (χ0n) is 10.5. The maximum Gasteiger partial charge on any atom is 0.283 e. The lowest BCUT2D eigenvalue weighted by atomic mass is 10.2. The molecule has 0 aromatic carbocycles. The average molecular weight is 363 g/mol. The molecule has 1 N–H and O–H groups in total. The molecule has 1 unspecified atom stereocenters. The van der Waals surface area contributed by atoms with Gasteiger partial charge in [-0.2, -0.15) is 5.10 Å². The minimum absolute atomic E-state index is 0.0625. The topological polar surface area (TPSA) is 46.9 Å². The fourth-order valence-corrected chi connectivity index (χ4v) is 3.14. The van der Waals surface area contributed by atoms with Gasteiger partial charge in [0.05, 0.1) is 22.3 Å². The first kappa shape index (κ1) is 14.6. The second-order valence-electron chi connectivity index (χ2n) is 4.00. The quantitative estimate of drug-likeness (QED) is 0.897. The first-order chi connectivity index (χ1) is 9.02. The van der Waals surface area contributed by atoms with Gasteiger partial charge in [0.25, 0.3) is 5.56 Å². The summed E-state index contributed by atoms with van der Waals surface area (Å²) in [5.74, 6) is 0. The Morgan fingerprint density at radius 3 is 2.89 bits per heavy atom. The molecule has 0 aliphatic carbocycles. The molecule has 19 heavy (non-hydrogen) atoms. The van der Waals surface area contributed by atoms with Crippen LogP contribution in [0.1, 0.15) is 24.8 Å². The molecular weight excluding hydrogens is 350 g/mol. The molecule has 0 saturated heterocycles. The van der Waals surface area contributed by atoms with Gasteiger partial charge in [0.15, 0.2) is 0 Å². The summed E-state index contributed by atoms with van der Waals surface area (Å²) < 4.78 is 2.66. The number of hydrogen-bond donors (Lipinski definition) is 1. The molecule has 4 nitrogen and oxygen atoms in total. The zero-order valence-corrected chi connectivity index (χ0v) is 13.6. The van der Waals surface area contributed by atoms with E-state index in [0.29, 0.717) is 16.7 Å². The van der Waals surface area contributed by atoms with E-state index in [4.69, 9.17) is 11.6 Å². The zero-order chi connectivity index (χ0) is 14.0. The van der Waals surface area contributed by atoms with Crippen molar-refractivity contribution >= 4 is 44.6 Å². The molecule has 0 amide bonds. The predicted molar refractivity (Wildman–Crippen MR) is 83.2 cm³/mol. The number of nitrogens with zero attached hydrogens (tertiary/aromatic N) is 2. The van der Waals surface area contributed by atoms with Crippen LogP contribution in [0, 0.1) is 0 Å². The van der Waals surface area contributed by atoms with Crippen LogP contribution in [0.25, 0.3) is 0 Å². The second kappa shape index (κ2) is 6.07. The van der Waals surface area contributed by atoms with Gasteiger partial charge in [0.2, 0.25) is 0 Å². The van der Waals surface area contributed by atoms with E-state index in [1.54, 1.807) is 6.20 Å². The highest BCUT2D eigenvalue weighted by Gasteiger charge is 2.13. The highest BCUT2D eigenvalue weighted by atomic mass is 79.9. The third-order valence-corrected chi connectivity index (χ3v) is 4.86. The molecule has 2 rings (SSSR count). The van der Waals surface area contributed by atoms with E-state index in [1.165, 1.54) is 16.0 Å². The van der Waals surface area contributed by atoms with Crippen molar-refractivity contribution < 1.29 is 0 Å². The van der Waals surface area contributed by atoms with Gasteiger partial charge in [-0.1, -0.05) is 11.6 Å². The third kappa shape index (κ3) is 3.19. The summed E-state index contributed by atoms with van der Waals surface area (Å²) in [4.78, 5) is 13.0. The van der Waals surface area contributed by atoms with Crippen molar-refractivity contribution in [1.82, 2.24) is 9.78 Å². The first-order valence-corrected chi connectivity index (χ1v) is 7.79. The van der Waals surface area contributed by atoms with E-state index in [1.807, 2.05) is 26.0 Å². The lowest BCUT2D eigenvalue weighted by Crippen LogP contribution is -2.24. The lowest BCUT2D eigenvalue weighted by molar-refractivity contribution is 0.612. The largest absolute Gasteiger partial charge is 0.375 e. The Kier molecular flexibility index (Phi) is 4.65. The van der Waals surface area contributed by atoms with Crippen molar-refractivity contribution in [3.8, 4) is 0 Å². The maximum atomic E-state index is 11.9. The molecule has 0 radical (unpaired) electrons. The van der Waals surface area contributed by atoms with Crippen molar-refractivity contribution in [2.24, 2.45) is 0 Å². The van der Waals surface area contributed by atoms with Gasteiger partial charge in [0, 0.05) is 11.4 Å². The average Bonchev–Trinajstić information content (AvgIpc) is 2.82. The number of aromatic nitrogens is 2. The molecule has 0 spiro atoms. The molecule has 0 aliphatic heterocycles. The van der Waals surface area contributed by atoms with Crippen molar-refractivity contribution in [2.45, 2.75) is 26.4 Å². The smallest absolute Gasteiger partial charge is 0.283 e. The number of hydrogen-bond acceptors (Lipinski definition) is 4. The Balaban J connectivity index is 2.24. The summed E-state index contributed by atoms with van der Waals surface area (Å²) in [6, 6.07) is 3.90. The number of nitrogens with one attached hydrogen (secondary N) is 1. The van der Waals surface area contributed by atoms with E-state index in [-0.39, 0.29) is 11.6 Å². The summed E-state index contributed by atoms with van der Waals surface area (Å²) in [6.45, 7) is 4.44. The van der Waals surface area contributed by atoms with Gasteiger partial charge in [-0.3, -0.25) is 4.79 Å². The van der Waals surface area contributed by atoms with Gasteiger partial charge in [-0.25, -0.2) is 4.68 Å². The van der Waals surface area contributed by atoms with Crippen molar-refractivity contribution in [3.05, 3.63) is 42.4 Å². The number of thiophene rings is 1. The van der Waals surface area contributed by atoms with Crippen LogP contribution in [0.3, 0.4) is 0 Å². The van der Waals surface area contributed by atoms with Crippen LogP contribution in [0.4, 0.5) is 5.69 Å². The normalized spacial score (nSPS) is 12.4. The Morgan fingerprint density at radius 2 is 2.32 bits per heavy atom. The molecule has 2 aromatic heterocycles. The maximum absolute atomic E-state index is 11.9. The van der Waals surface area contributed by atoms with E-state index in [2.05, 4.69) is 26.3 Å². The highest BCUT2D eigenvalue weighted by molar-refractivity contribution is 9.10. The molecule has 2 aromatic rings. The van der Waals surface area contributed by atoms with Gasteiger partial charge < -0.3 is 5.32 Å². The molecular formula is C12H13BrClN3OS. The summed E-state index contributed by atoms with van der Waals surface area (Å²) >= 11 is 10.8. The summed E-state index contributed by atoms with van der Waals surface area (Å²) in [7, 11) is 0. The molecule has 7 heteroatoms. The summed E-state index contributed by atoms with van der Waals surface area (Å²) in [6.07, 6.45) is 1.65. The molecule has 102 valence electrons. The van der Waals surface area contributed by atoms with Gasteiger partial charge >= 0.3 is 0 Å². The minimum atomic E-state index is -0.135. The summed E-state index contributed by atoms with van der Waals surface area (Å²) in [5.41, 5.74) is 0.552. The molecule has 1 atom stereocenters. The second-order valence-corrected chi connectivity index (χ2v) is 6.54. The van der Waals surface area contributed by atoms with E-state index in [0.717, 1.165) is 9.21 Å². The fraction of sp³-hybridized carbons (Fsp3) is 0.333. The Hall–Kier alpha value is -0.850. The van der Waals surface area contributed by atoms with E-state index in [9.17, 15) is 4.79 Å². The first-order valence-electron chi connectivity index (χ1n) is 5.80. The molecule has 0 saturated carbocycles. The highest BCUT2D eigenvalue weighted by Crippen LogP contribution is 2.30. The van der Waals surface area contributed by atoms with Crippen molar-refractivity contribution in [1.29, 1.82) is 0 Å². The van der Waals surface area contributed by atoms with Crippen LogP contribution < -0.4 is 10.9 Å². The van der Waals surface area contributed by atoms with Gasteiger partial charge in [-0.15, -0.1) is 11.3 Å². The molecule has 0 aliphatic rings. The fourth-order valence-electron chi connectivity index (χ4n) is 1.66. The van der Waals surface area contributed by atoms with Crippen molar-refractivity contribution in [2.75, 3.05) is 5.32 Å². The monoisotopic (exact) mass is 361 g/mol. The van der Waals surface area contributed by atoms with Crippen LogP contribution >= 0.6 is 38.9 Å². The number of rotatable bonds is 4. The van der Waals surface area contributed by atoms with Gasteiger partial charge in [0.1, 0.15) is 4.47 Å². The van der Waals surface area contributed by atoms with Crippen LogP contribution in [0.5, 0.6) is 0 Å². The summed E-state index contributed by atoms with van der Waals surface area (Å²) in [5, 5.41) is 7.36. The van der Waals surface area contributed by atoms with E-state index < -0.39 is 0 Å². The standard InChI is InChI=1S/C12H13BrClN3OS/c1-3-17-12(18)11(13)8(6-15-17)16-7(2)9-4-5-10(14)19-9/h4-7,16H,3H2,1-2H3. The number of anilines is 1. The minimum Gasteiger partial charge on any atom is -0.375 e. The SMILES string of the molecule is CCn1ncc(NC(C)c2ccc(Cl)s2)c(Br)c1=O. The van der Waals surface area contributed by atoms with Crippen LogP contribution in [-0.4, -0.2) is 9.78 Å². The molecule has 0 bridgehead atoms. The molecule has 2 heterocycles. The van der Waals surface area contributed by atoms with Crippen LogP contribution in [-0.2, 0) is 6.54 Å². The predicted octanol–water partition coefficient (Wildman–Crippen LogP) is 3.91. The van der Waals surface area contributed by atoms with Crippen LogP contribution in [0.15, 0.2) is 27.6 Å². The van der Waals surface area contributed by atoms with Crippen LogP contribution in [0.2, 0.25) is 4.34 Å². The third-order valence-electron chi connectivity index (χ3n) is 2.68. The lowest BCUT2D eigenvalue weighted by Gasteiger charge is -2.15. The Bertz CT molecular complexity index is 640. The number of aryl methyl sites for hydroxylation is 1. The van der Waals surface area contributed by atoms with E-state index >= 15 is 0 Å². The Morgan fingerprint density at radius 1 is 1.58 bits per heavy atom. The number of halogens is 2. The van der Waals surface area contributed by atoms with Crippen molar-refractivity contribution in [3.63, 3.8) is 0 Å². The van der Waals surface area contributed by atoms with Gasteiger partial charge in [-0.05, 0) is 41.9 Å².